The molecule has 0 atom stereocenters. The molecule has 1 N–H and O–H groups in total. The topological polar surface area (TPSA) is 32.3 Å². The number of amides is 1. The summed E-state index contributed by atoms with van der Waals surface area (Å²) in [7, 11) is 0. The van der Waals surface area contributed by atoms with Gasteiger partial charge in [0.05, 0.1) is 6.54 Å². The molecule has 0 unspecified atom stereocenters. The lowest BCUT2D eigenvalue weighted by Gasteiger charge is -2.26. The Kier molecular flexibility index (Phi) is 4.29. The van der Waals surface area contributed by atoms with E-state index in [4.69, 9.17) is 11.6 Å². The zero-order chi connectivity index (χ0) is 14.8. The van der Waals surface area contributed by atoms with Crippen molar-refractivity contribution < 1.29 is 4.79 Å². The van der Waals surface area contributed by atoms with Crippen molar-refractivity contribution in [3.05, 3.63) is 50.7 Å². The van der Waals surface area contributed by atoms with Crippen LogP contribution in [0.5, 0.6) is 0 Å². The molecule has 21 heavy (non-hydrogen) atoms. The number of anilines is 1. The quantitative estimate of drug-likeness (QED) is 0.935. The summed E-state index contributed by atoms with van der Waals surface area (Å²) in [4.78, 5) is 15.8. The minimum atomic E-state index is 0.0130. The number of halogens is 1. The summed E-state index contributed by atoms with van der Waals surface area (Å²) >= 11 is 7.79. The van der Waals surface area contributed by atoms with Crippen LogP contribution < -0.4 is 5.32 Å². The molecule has 5 heteroatoms. The minimum absolute atomic E-state index is 0.0130. The first-order valence-electron chi connectivity index (χ1n) is 6.95. The number of thiophene rings is 1. The summed E-state index contributed by atoms with van der Waals surface area (Å²) in [5, 5.41) is 5.72. The maximum absolute atomic E-state index is 12.2. The SMILES string of the molecule is Cc1ccc(Cl)cc1NC(=O)CN1CCc2sccc2C1. The van der Waals surface area contributed by atoms with Gasteiger partial charge in [-0.15, -0.1) is 11.3 Å². The van der Waals surface area contributed by atoms with Crippen LogP contribution in [0.15, 0.2) is 29.6 Å². The maximum atomic E-state index is 12.2. The highest BCUT2D eigenvalue weighted by molar-refractivity contribution is 7.10. The lowest BCUT2D eigenvalue weighted by Crippen LogP contribution is -2.36. The second-order valence-corrected chi connectivity index (χ2v) is 6.77. The lowest BCUT2D eigenvalue weighted by molar-refractivity contribution is -0.117. The number of hydrogen-bond acceptors (Lipinski definition) is 3. The van der Waals surface area contributed by atoms with Crippen LogP contribution in [0, 0.1) is 6.92 Å². The van der Waals surface area contributed by atoms with Crippen molar-refractivity contribution in [1.29, 1.82) is 0 Å². The molecule has 0 radical (unpaired) electrons. The van der Waals surface area contributed by atoms with Crippen LogP contribution in [-0.2, 0) is 17.8 Å². The molecule has 2 heterocycles. The molecule has 0 saturated heterocycles. The lowest BCUT2D eigenvalue weighted by atomic mass is 10.1. The van der Waals surface area contributed by atoms with E-state index >= 15 is 0 Å². The Morgan fingerprint density at radius 3 is 3.14 bits per heavy atom. The summed E-state index contributed by atoms with van der Waals surface area (Å²) in [6, 6.07) is 7.69. The van der Waals surface area contributed by atoms with Crippen LogP contribution in [0.3, 0.4) is 0 Å². The molecular formula is C16H17ClN2OS. The van der Waals surface area contributed by atoms with Crippen LogP contribution in [-0.4, -0.2) is 23.9 Å². The van der Waals surface area contributed by atoms with Crippen LogP contribution >= 0.6 is 22.9 Å². The molecule has 1 aliphatic rings. The van der Waals surface area contributed by atoms with Gasteiger partial charge in [0.2, 0.25) is 5.91 Å². The first-order chi connectivity index (χ1) is 10.1. The van der Waals surface area contributed by atoms with Gasteiger partial charge in [-0.1, -0.05) is 17.7 Å². The Labute approximate surface area is 133 Å². The smallest absolute Gasteiger partial charge is 0.238 e. The highest BCUT2D eigenvalue weighted by Crippen LogP contribution is 2.24. The van der Waals surface area contributed by atoms with E-state index in [1.807, 2.05) is 30.4 Å². The number of hydrogen-bond donors (Lipinski definition) is 1. The molecule has 1 amide bonds. The number of carbonyl (C=O) groups is 1. The third kappa shape index (κ3) is 3.46. The maximum Gasteiger partial charge on any atom is 0.238 e. The number of benzene rings is 1. The molecule has 2 aromatic rings. The molecule has 0 fully saturated rings. The largest absolute Gasteiger partial charge is 0.325 e. The second kappa shape index (κ2) is 6.18. The van der Waals surface area contributed by atoms with Crippen molar-refractivity contribution >= 4 is 34.5 Å². The number of nitrogens with zero attached hydrogens (tertiary/aromatic N) is 1. The van der Waals surface area contributed by atoms with E-state index < -0.39 is 0 Å². The molecular weight excluding hydrogens is 304 g/mol. The zero-order valence-electron chi connectivity index (χ0n) is 11.9. The Morgan fingerprint density at radius 2 is 2.29 bits per heavy atom. The predicted molar refractivity (Wildman–Crippen MR) is 88.1 cm³/mol. The number of carbonyl (C=O) groups excluding carboxylic acids is 1. The van der Waals surface area contributed by atoms with Gasteiger partial charge in [0, 0.05) is 28.7 Å². The molecule has 3 nitrogen and oxygen atoms in total. The van der Waals surface area contributed by atoms with Gasteiger partial charge in [-0.25, -0.2) is 0 Å². The van der Waals surface area contributed by atoms with Crippen LogP contribution in [0.4, 0.5) is 5.69 Å². The fourth-order valence-corrected chi connectivity index (χ4v) is 3.63. The number of aryl methyl sites for hydroxylation is 1. The summed E-state index contributed by atoms with van der Waals surface area (Å²) < 4.78 is 0. The molecule has 1 aromatic carbocycles. The van der Waals surface area contributed by atoms with Gasteiger partial charge in [-0.2, -0.15) is 0 Å². The van der Waals surface area contributed by atoms with E-state index in [1.54, 1.807) is 6.07 Å². The van der Waals surface area contributed by atoms with E-state index in [0.717, 1.165) is 30.8 Å². The Bertz CT molecular complexity index is 668. The predicted octanol–water partition coefficient (Wildman–Crippen LogP) is 3.71. The minimum Gasteiger partial charge on any atom is -0.325 e. The van der Waals surface area contributed by atoms with Gasteiger partial charge in [-0.3, -0.25) is 9.69 Å². The molecule has 0 bridgehead atoms. The van der Waals surface area contributed by atoms with E-state index in [9.17, 15) is 4.79 Å². The van der Waals surface area contributed by atoms with Crippen LogP contribution in [0.1, 0.15) is 16.0 Å². The first kappa shape index (κ1) is 14.6. The standard InChI is InChI=1S/C16H17ClN2OS/c1-11-2-3-13(17)8-14(11)18-16(20)10-19-6-4-15-12(9-19)5-7-21-15/h2-3,5,7-8H,4,6,9-10H2,1H3,(H,18,20). The normalized spacial score (nSPS) is 14.8. The average molecular weight is 321 g/mol. The third-order valence-electron chi connectivity index (χ3n) is 3.73. The van der Waals surface area contributed by atoms with Crippen molar-refractivity contribution in [3.63, 3.8) is 0 Å². The van der Waals surface area contributed by atoms with Gasteiger partial charge < -0.3 is 5.32 Å². The molecule has 1 aliphatic heterocycles. The number of nitrogens with one attached hydrogen (secondary N) is 1. The zero-order valence-corrected chi connectivity index (χ0v) is 13.4. The van der Waals surface area contributed by atoms with Crippen LogP contribution in [0.2, 0.25) is 5.02 Å². The van der Waals surface area contributed by atoms with Gasteiger partial charge in [0.15, 0.2) is 0 Å². The number of fused-ring (bicyclic) bond motifs is 1. The molecule has 0 aliphatic carbocycles. The van der Waals surface area contributed by atoms with E-state index in [0.29, 0.717) is 11.6 Å². The highest BCUT2D eigenvalue weighted by atomic mass is 35.5. The molecule has 1 aromatic heterocycles. The molecule has 0 spiro atoms. The van der Waals surface area contributed by atoms with E-state index in [1.165, 1.54) is 10.4 Å². The van der Waals surface area contributed by atoms with Crippen molar-refractivity contribution in [2.24, 2.45) is 0 Å². The molecule has 0 saturated carbocycles. The summed E-state index contributed by atoms with van der Waals surface area (Å²) in [5.74, 6) is 0.0130. The monoisotopic (exact) mass is 320 g/mol. The van der Waals surface area contributed by atoms with Gasteiger partial charge in [-0.05, 0) is 48.1 Å². The van der Waals surface area contributed by atoms with E-state index in [2.05, 4.69) is 21.7 Å². The number of rotatable bonds is 3. The van der Waals surface area contributed by atoms with Gasteiger partial charge >= 0.3 is 0 Å². The Balaban J connectivity index is 1.61. The van der Waals surface area contributed by atoms with Crippen molar-refractivity contribution in [1.82, 2.24) is 4.90 Å². The molecule has 3 rings (SSSR count). The van der Waals surface area contributed by atoms with Crippen molar-refractivity contribution in [2.45, 2.75) is 19.9 Å². The fourth-order valence-electron chi connectivity index (χ4n) is 2.56. The van der Waals surface area contributed by atoms with Crippen LogP contribution in [0.25, 0.3) is 0 Å². The summed E-state index contributed by atoms with van der Waals surface area (Å²) in [6.45, 7) is 4.18. The Morgan fingerprint density at radius 1 is 1.43 bits per heavy atom. The van der Waals surface area contributed by atoms with Gasteiger partial charge in [0.1, 0.15) is 0 Å². The third-order valence-corrected chi connectivity index (χ3v) is 4.99. The Hall–Kier alpha value is -1.36. The summed E-state index contributed by atoms with van der Waals surface area (Å²) in [6.07, 6.45) is 1.04. The fraction of sp³-hybridized carbons (Fsp3) is 0.312. The first-order valence-corrected chi connectivity index (χ1v) is 8.21. The second-order valence-electron chi connectivity index (χ2n) is 5.34. The summed E-state index contributed by atoms with van der Waals surface area (Å²) in [5.41, 5.74) is 3.17. The van der Waals surface area contributed by atoms with Crippen molar-refractivity contribution in [3.8, 4) is 0 Å². The van der Waals surface area contributed by atoms with Crippen molar-refractivity contribution in [2.75, 3.05) is 18.4 Å². The highest BCUT2D eigenvalue weighted by Gasteiger charge is 2.19. The van der Waals surface area contributed by atoms with E-state index in [-0.39, 0.29) is 5.91 Å². The molecule has 110 valence electrons. The average Bonchev–Trinajstić information content (AvgIpc) is 2.90. The van der Waals surface area contributed by atoms with Gasteiger partial charge in [0.25, 0.3) is 0 Å².